The lowest BCUT2D eigenvalue weighted by molar-refractivity contribution is -0.0503. The summed E-state index contributed by atoms with van der Waals surface area (Å²) in [7, 11) is 1.84. The molecule has 1 aromatic heterocycles. The van der Waals surface area contributed by atoms with Gasteiger partial charge in [0.05, 0.1) is 5.69 Å². The Morgan fingerprint density at radius 1 is 1.41 bits per heavy atom. The molecule has 0 aliphatic heterocycles. The molecular formula is C12H10F2N2O. The number of alkyl halides is 2. The van der Waals surface area contributed by atoms with Crippen LogP contribution in [0.2, 0.25) is 0 Å². The molecule has 1 heterocycles. The maximum absolute atomic E-state index is 12.3. The van der Waals surface area contributed by atoms with Crippen molar-refractivity contribution in [3.63, 3.8) is 0 Å². The second-order valence-electron chi connectivity index (χ2n) is 4.01. The molecule has 3 nitrogen and oxygen atoms in total. The summed E-state index contributed by atoms with van der Waals surface area (Å²) in [6.45, 7) is -2.79. The van der Waals surface area contributed by atoms with Gasteiger partial charge in [-0.3, -0.25) is 4.68 Å². The van der Waals surface area contributed by atoms with Gasteiger partial charge in [-0.15, -0.1) is 0 Å². The van der Waals surface area contributed by atoms with Gasteiger partial charge < -0.3 is 4.74 Å². The van der Waals surface area contributed by atoms with Crippen LogP contribution >= 0.6 is 0 Å². The van der Waals surface area contributed by atoms with E-state index in [2.05, 4.69) is 9.84 Å². The minimum Gasteiger partial charge on any atom is -0.435 e. The standard InChI is InChI=1S/C12H10F2N2O/c1-16-6-7-5-9-8(11(7)15-16)3-2-4-10(9)17-12(13)14/h2-4,6,12H,5H2,1H3. The number of ether oxygens (including phenoxy) is 1. The average Bonchev–Trinajstić information content (AvgIpc) is 2.74. The van der Waals surface area contributed by atoms with E-state index in [4.69, 9.17) is 0 Å². The predicted octanol–water partition coefficient (Wildman–Crippen LogP) is 2.59. The van der Waals surface area contributed by atoms with Crippen molar-refractivity contribution in [1.29, 1.82) is 0 Å². The fourth-order valence-corrected chi connectivity index (χ4v) is 2.26. The van der Waals surface area contributed by atoms with Crippen LogP contribution < -0.4 is 4.74 Å². The highest BCUT2D eigenvalue weighted by Crippen LogP contribution is 2.40. The van der Waals surface area contributed by atoms with Gasteiger partial charge in [0.2, 0.25) is 0 Å². The largest absolute Gasteiger partial charge is 0.435 e. The van der Waals surface area contributed by atoms with Crippen LogP contribution in [0.4, 0.5) is 8.78 Å². The first-order valence-electron chi connectivity index (χ1n) is 5.25. The van der Waals surface area contributed by atoms with Crippen LogP contribution in [-0.4, -0.2) is 16.4 Å². The Bertz CT molecular complexity index is 578. The van der Waals surface area contributed by atoms with Gasteiger partial charge in [-0.2, -0.15) is 13.9 Å². The van der Waals surface area contributed by atoms with E-state index in [0.717, 1.165) is 22.4 Å². The molecule has 88 valence electrons. The topological polar surface area (TPSA) is 27.1 Å². The highest BCUT2D eigenvalue weighted by atomic mass is 19.3. The first-order chi connectivity index (χ1) is 8.15. The van der Waals surface area contributed by atoms with Crippen LogP contribution in [0, 0.1) is 0 Å². The molecule has 2 aromatic rings. The summed E-state index contributed by atoms with van der Waals surface area (Å²) in [4.78, 5) is 0. The van der Waals surface area contributed by atoms with Crippen molar-refractivity contribution in [2.24, 2.45) is 7.05 Å². The molecule has 5 heteroatoms. The molecule has 1 aliphatic carbocycles. The number of rotatable bonds is 2. The Hall–Kier alpha value is -1.91. The molecule has 0 saturated carbocycles. The number of benzene rings is 1. The Labute approximate surface area is 96.6 Å². The molecule has 0 amide bonds. The van der Waals surface area contributed by atoms with E-state index in [1.165, 1.54) is 0 Å². The van der Waals surface area contributed by atoms with E-state index in [9.17, 15) is 8.78 Å². The van der Waals surface area contributed by atoms with E-state index in [-0.39, 0.29) is 5.75 Å². The molecule has 0 unspecified atom stereocenters. The van der Waals surface area contributed by atoms with Crippen LogP contribution in [0.1, 0.15) is 11.1 Å². The third-order valence-corrected chi connectivity index (χ3v) is 2.88. The van der Waals surface area contributed by atoms with E-state index >= 15 is 0 Å². The van der Waals surface area contributed by atoms with E-state index < -0.39 is 6.61 Å². The van der Waals surface area contributed by atoms with E-state index in [0.29, 0.717) is 6.42 Å². The number of nitrogens with zero attached hydrogens (tertiary/aromatic N) is 2. The Kier molecular flexibility index (Phi) is 2.14. The van der Waals surface area contributed by atoms with Crippen LogP contribution in [0.3, 0.4) is 0 Å². The minimum atomic E-state index is -2.79. The SMILES string of the molecule is Cn1cc2c(n1)-c1cccc(OC(F)F)c1C2. The van der Waals surface area contributed by atoms with Gasteiger partial charge in [-0.25, -0.2) is 0 Å². The molecule has 3 rings (SSSR count). The lowest BCUT2D eigenvalue weighted by Gasteiger charge is -2.09. The van der Waals surface area contributed by atoms with Gasteiger partial charge in [0.15, 0.2) is 0 Å². The van der Waals surface area contributed by atoms with Crippen LogP contribution in [0.5, 0.6) is 5.75 Å². The van der Waals surface area contributed by atoms with E-state index in [1.807, 2.05) is 19.3 Å². The Balaban J connectivity index is 2.09. The molecule has 0 fully saturated rings. The summed E-state index contributed by atoms with van der Waals surface area (Å²) in [5, 5.41) is 4.33. The summed E-state index contributed by atoms with van der Waals surface area (Å²) in [5.41, 5.74) is 3.60. The quantitative estimate of drug-likeness (QED) is 0.683. The van der Waals surface area contributed by atoms with Gasteiger partial charge in [-0.05, 0) is 6.07 Å². The van der Waals surface area contributed by atoms with Crippen LogP contribution in [0.15, 0.2) is 24.4 Å². The lowest BCUT2D eigenvalue weighted by Crippen LogP contribution is -2.04. The van der Waals surface area contributed by atoms with Crippen molar-refractivity contribution in [3.05, 3.63) is 35.5 Å². The van der Waals surface area contributed by atoms with Crippen LogP contribution in [-0.2, 0) is 13.5 Å². The van der Waals surface area contributed by atoms with E-state index in [1.54, 1.807) is 16.8 Å². The van der Waals surface area contributed by atoms with Crippen molar-refractivity contribution in [1.82, 2.24) is 9.78 Å². The number of aryl methyl sites for hydroxylation is 1. The molecule has 1 aromatic carbocycles. The fourth-order valence-electron chi connectivity index (χ4n) is 2.26. The zero-order valence-corrected chi connectivity index (χ0v) is 9.15. The van der Waals surface area contributed by atoms with Gasteiger partial charge in [0.1, 0.15) is 5.75 Å². The molecule has 0 spiro atoms. The first kappa shape index (κ1) is 10.3. The van der Waals surface area contributed by atoms with Crippen LogP contribution in [0.25, 0.3) is 11.3 Å². The van der Waals surface area contributed by atoms with Gasteiger partial charge >= 0.3 is 6.61 Å². The zero-order chi connectivity index (χ0) is 12.0. The van der Waals surface area contributed by atoms with Gasteiger partial charge in [0.25, 0.3) is 0 Å². The summed E-state index contributed by atoms with van der Waals surface area (Å²) < 4.78 is 30.8. The maximum atomic E-state index is 12.3. The lowest BCUT2D eigenvalue weighted by atomic mass is 10.1. The predicted molar refractivity (Wildman–Crippen MR) is 58.1 cm³/mol. The normalized spacial score (nSPS) is 12.7. The Morgan fingerprint density at radius 3 is 3.00 bits per heavy atom. The summed E-state index contributed by atoms with van der Waals surface area (Å²) >= 11 is 0. The summed E-state index contributed by atoms with van der Waals surface area (Å²) in [6.07, 6.45) is 2.50. The molecule has 0 saturated heterocycles. The third kappa shape index (κ3) is 1.58. The zero-order valence-electron chi connectivity index (χ0n) is 9.15. The monoisotopic (exact) mass is 236 g/mol. The summed E-state index contributed by atoms with van der Waals surface area (Å²) in [6, 6.07) is 5.16. The second-order valence-corrected chi connectivity index (χ2v) is 4.01. The molecule has 1 aliphatic rings. The molecule has 0 N–H and O–H groups in total. The molecule has 17 heavy (non-hydrogen) atoms. The molecule has 0 bridgehead atoms. The number of hydrogen-bond donors (Lipinski definition) is 0. The van der Waals surface area contributed by atoms with Crippen molar-refractivity contribution in [3.8, 4) is 17.0 Å². The minimum absolute atomic E-state index is 0.248. The second kappa shape index (κ2) is 3.55. The first-order valence-corrected chi connectivity index (χ1v) is 5.25. The number of aromatic nitrogens is 2. The highest BCUT2D eigenvalue weighted by Gasteiger charge is 2.25. The molecule has 0 radical (unpaired) electrons. The molecular weight excluding hydrogens is 226 g/mol. The van der Waals surface area contributed by atoms with Crippen molar-refractivity contribution in [2.75, 3.05) is 0 Å². The number of fused-ring (bicyclic) bond motifs is 3. The number of halogens is 2. The average molecular weight is 236 g/mol. The summed E-state index contributed by atoms with van der Waals surface area (Å²) in [5.74, 6) is 0.248. The van der Waals surface area contributed by atoms with Crippen molar-refractivity contribution < 1.29 is 13.5 Å². The van der Waals surface area contributed by atoms with Crippen molar-refractivity contribution >= 4 is 0 Å². The van der Waals surface area contributed by atoms with Gasteiger partial charge in [-0.1, -0.05) is 12.1 Å². The van der Waals surface area contributed by atoms with Gasteiger partial charge in [0, 0.05) is 36.4 Å². The maximum Gasteiger partial charge on any atom is 0.387 e. The third-order valence-electron chi connectivity index (χ3n) is 2.88. The highest BCUT2D eigenvalue weighted by molar-refractivity contribution is 5.75. The smallest absolute Gasteiger partial charge is 0.387 e. The van der Waals surface area contributed by atoms with Crippen molar-refractivity contribution in [2.45, 2.75) is 13.0 Å². The Morgan fingerprint density at radius 2 is 2.24 bits per heavy atom. The molecule has 0 atom stereocenters. The number of hydrogen-bond acceptors (Lipinski definition) is 2. The fraction of sp³-hybridized carbons (Fsp3) is 0.250.